The van der Waals surface area contributed by atoms with Gasteiger partial charge in [-0.05, 0) is 33.9 Å². The third kappa shape index (κ3) is 4.68. The first-order valence-electron chi connectivity index (χ1n) is 8.24. The zero-order valence-electron chi connectivity index (χ0n) is 14.6. The summed E-state index contributed by atoms with van der Waals surface area (Å²) in [6.45, 7) is 3.72. The normalized spacial score (nSPS) is 21.3. The second-order valence-electron chi connectivity index (χ2n) is 6.70. The molecule has 3 unspecified atom stereocenters. The highest BCUT2D eigenvalue weighted by atomic mass is 16.3. The summed E-state index contributed by atoms with van der Waals surface area (Å²) < 4.78 is 1.77. The molecule has 2 amide bonds. The smallest absolute Gasteiger partial charge is 0.317 e. The number of aliphatic hydroxyl groups is 1. The number of likely N-dealkylation sites (tertiary alicyclic amines) is 1. The van der Waals surface area contributed by atoms with Crippen molar-refractivity contribution in [2.75, 3.05) is 33.7 Å². The van der Waals surface area contributed by atoms with Gasteiger partial charge in [0.1, 0.15) is 0 Å². The number of rotatable bonds is 5. The molecule has 7 nitrogen and oxygen atoms in total. The number of hydrogen-bond donors (Lipinski definition) is 2. The minimum Gasteiger partial charge on any atom is -0.393 e. The number of likely N-dealkylation sites (N-methyl/N-ethyl adjacent to an activating group) is 1. The number of urea groups is 1. The van der Waals surface area contributed by atoms with Crippen LogP contribution < -0.4 is 5.32 Å². The van der Waals surface area contributed by atoms with Crippen LogP contribution in [-0.4, -0.2) is 70.6 Å². The van der Waals surface area contributed by atoms with Gasteiger partial charge in [-0.3, -0.25) is 4.68 Å². The van der Waals surface area contributed by atoms with E-state index in [0.29, 0.717) is 13.1 Å². The van der Waals surface area contributed by atoms with E-state index in [2.05, 4.69) is 15.3 Å². The Bertz CT molecular complexity index is 514. The number of nitrogens with zero attached hydrogens (tertiary/aromatic N) is 4. The Labute approximate surface area is 138 Å². The van der Waals surface area contributed by atoms with Gasteiger partial charge in [-0.25, -0.2) is 4.79 Å². The van der Waals surface area contributed by atoms with E-state index in [-0.39, 0.29) is 24.1 Å². The van der Waals surface area contributed by atoms with Gasteiger partial charge in [-0.2, -0.15) is 5.10 Å². The van der Waals surface area contributed by atoms with E-state index in [9.17, 15) is 9.90 Å². The summed E-state index contributed by atoms with van der Waals surface area (Å²) in [5, 5.41) is 17.0. The number of aliphatic hydroxyl groups excluding tert-OH is 1. The number of carbonyl (C=O) groups is 1. The predicted octanol–water partition coefficient (Wildman–Crippen LogP) is 0.825. The fraction of sp³-hybridized carbons (Fsp3) is 0.750. The molecule has 1 saturated heterocycles. The number of carbonyl (C=O) groups excluding carboxylic acids is 1. The maximum atomic E-state index is 12.4. The minimum absolute atomic E-state index is 0.0499. The first-order valence-corrected chi connectivity index (χ1v) is 8.24. The van der Waals surface area contributed by atoms with Crippen molar-refractivity contribution >= 4 is 6.03 Å². The van der Waals surface area contributed by atoms with Gasteiger partial charge in [0.05, 0.1) is 18.3 Å². The van der Waals surface area contributed by atoms with E-state index in [1.807, 2.05) is 38.4 Å². The zero-order chi connectivity index (χ0) is 17.0. The van der Waals surface area contributed by atoms with Gasteiger partial charge in [0.25, 0.3) is 0 Å². The second-order valence-corrected chi connectivity index (χ2v) is 6.70. The Balaban J connectivity index is 1.91. The number of aromatic nitrogens is 2. The van der Waals surface area contributed by atoms with E-state index in [0.717, 1.165) is 24.9 Å². The molecule has 1 aromatic rings. The quantitative estimate of drug-likeness (QED) is 0.842. The number of amides is 2. The van der Waals surface area contributed by atoms with Crippen molar-refractivity contribution in [1.29, 1.82) is 0 Å². The number of hydrogen-bond acceptors (Lipinski definition) is 4. The lowest BCUT2D eigenvalue weighted by Gasteiger charge is -2.34. The van der Waals surface area contributed by atoms with Crippen LogP contribution >= 0.6 is 0 Å². The molecule has 130 valence electrons. The van der Waals surface area contributed by atoms with Crippen LogP contribution in [-0.2, 0) is 7.05 Å². The molecule has 0 saturated carbocycles. The summed E-state index contributed by atoms with van der Waals surface area (Å²) in [6.07, 6.45) is 5.37. The molecule has 3 atom stereocenters. The van der Waals surface area contributed by atoms with Crippen molar-refractivity contribution in [2.24, 2.45) is 13.0 Å². The Kier molecular flexibility index (Phi) is 6.01. The minimum atomic E-state index is -0.365. The maximum absolute atomic E-state index is 12.4. The highest BCUT2D eigenvalue weighted by molar-refractivity contribution is 5.74. The summed E-state index contributed by atoms with van der Waals surface area (Å²) in [7, 11) is 5.88. The lowest BCUT2D eigenvalue weighted by atomic mass is 9.94. The summed E-state index contributed by atoms with van der Waals surface area (Å²) in [5.41, 5.74) is 1.08. The van der Waals surface area contributed by atoms with Gasteiger partial charge >= 0.3 is 6.03 Å². The molecule has 1 aliphatic rings. The van der Waals surface area contributed by atoms with Crippen LogP contribution in [0.5, 0.6) is 0 Å². The van der Waals surface area contributed by atoms with Gasteiger partial charge in [0.2, 0.25) is 0 Å². The zero-order valence-corrected chi connectivity index (χ0v) is 14.6. The summed E-state index contributed by atoms with van der Waals surface area (Å²) in [5.74, 6) is 0.178. The number of aryl methyl sites for hydroxylation is 1. The average molecular weight is 323 g/mol. The van der Waals surface area contributed by atoms with Gasteiger partial charge in [-0.15, -0.1) is 0 Å². The van der Waals surface area contributed by atoms with Gasteiger partial charge < -0.3 is 20.2 Å². The molecule has 2 rings (SSSR count). The molecule has 0 aromatic carbocycles. The molecule has 0 bridgehead atoms. The number of piperidine rings is 1. The Morgan fingerprint density at radius 1 is 1.57 bits per heavy atom. The first-order chi connectivity index (χ1) is 10.9. The topological polar surface area (TPSA) is 73.6 Å². The van der Waals surface area contributed by atoms with Gasteiger partial charge in [-0.1, -0.05) is 0 Å². The van der Waals surface area contributed by atoms with Crippen molar-refractivity contribution in [1.82, 2.24) is 24.9 Å². The van der Waals surface area contributed by atoms with Crippen LogP contribution in [0.3, 0.4) is 0 Å². The summed E-state index contributed by atoms with van der Waals surface area (Å²) in [4.78, 5) is 16.3. The van der Waals surface area contributed by atoms with Crippen LogP contribution in [0.4, 0.5) is 4.79 Å². The van der Waals surface area contributed by atoms with E-state index in [1.54, 1.807) is 11.6 Å². The Morgan fingerprint density at radius 2 is 2.30 bits per heavy atom. The first kappa shape index (κ1) is 17.7. The van der Waals surface area contributed by atoms with E-state index in [4.69, 9.17) is 0 Å². The molecule has 1 aliphatic heterocycles. The molecular formula is C16H29N5O2. The molecule has 1 aromatic heterocycles. The molecule has 2 heterocycles. The molecule has 7 heteroatoms. The monoisotopic (exact) mass is 323 g/mol. The van der Waals surface area contributed by atoms with Crippen LogP contribution in [0.15, 0.2) is 12.4 Å². The lowest BCUT2D eigenvalue weighted by molar-refractivity contribution is 0.0735. The van der Waals surface area contributed by atoms with Crippen LogP contribution in [0.2, 0.25) is 0 Å². The largest absolute Gasteiger partial charge is 0.393 e. The molecular weight excluding hydrogens is 294 g/mol. The molecule has 2 N–H and O–H groups in total. The summed E-state index contributed by atoms with van der Waals surface area (Å²) >= 11 is 0. The third-order valence-electron chi connectivity index (χ3n) is 4.61. The number of nitrogens with one attached hydrogen (secondary N) is 1. The average Bonchev–Trinajstić information content (AvgIpc) is 2.93. The second kappa shape index (κ2) is 7.79. The molecule has 0 radical (unpaired) electrons. The van der Waals surface area contributed by atoms with Crippen LogP contribution in [0, 0.1) is 5.92 Å². The van der Waals surface area contributed by atoms with E-state index < -0.39 is 0 Å². The van der Waals surface area contributed by atoms with E-state index >= 15 is 0 Å². The van der Waals surface area contributed by atoms with E-state index in [1.165, 1.54) is 0 Å². The van der Waals surface area contributed by atoms with Crippen molar-refractivity contribution < 1.29 is 9.90 Å². The fourth-order valence-corrected chi connectivity index (χ4v) is 3.09. The maximum Gasteiger partial charge on any atom is 0.317 e. The van der Waals surface area contributed by atoms with Crippen molar-refractivity contribution in [3.05, 3.63) is 18.0 Å². The SMILES string of the molecule is CC(O)C1CCCN(C(=O)NCC(c2cnn(C)c2)N(C)C)C1. The molecule has 0 spiro atoms. The van der Waals surface area contributed by atoms with Crippen LogP contribution in [0.1, 0.15) is 31.4 Å². The van der Waals surface area contributed by atoms with Gasteiger partial charge in [0.15, 0.2) is 0 Å². The standard InChI is InChI=1S/C16H29N5O2/c1-12(22)13-6-5-7-21(11-13)16(23)17-9-15(19(2)3)14-8-18-20(4)10-14/h8,10,12-13,15,22H,5-7,9,11H2,1-4H3,(H,17,23). The molecule has 1 fully saturated rings. The molecule has 0 aliphatic carbocycles. The highest BCUT2D eigenvalue weighted by Gasteiger charge is 2.27. The van der Waals surface area contributed by atoms with Crippen molar-refractivity contribution in [3.63, 3.8) is 0 Å². The van der Waals surface area contributed by atoms with Crippen molar-refractivity contribution in [2.45, 2.75) is 31.9 Å². The summed E-state index contributed by atoms with van der Waals surface area (Å²) in [6, 6.07) is 0.0380. The van der Waals surface area contributed by atoms with Gasteiger partial charge in [0, 0.05) is 44.4 Å². The third-order valence-corrected chi connectivity index (χ3v) is 4.61. The Hall–Kier alpha value is -1.60. The Morgan fingerprint density at radius 3 is 2.87 bits per heavy atom. The highest BCUT2D eigenvalue weighted by Crippen LogP contribution is 2.20. The lowest BCUT2D eigenvalue weighted by Crippen LogP contribution is -2.48. The predicted molar refractivity (Wildman–Crippen MR) is 89.0 cm³/mol. The fourth-order valence-electron chi connectivity index (χ4n) is 3.09. The van der Waals surface area contributed by atoms with Crippen LogP contribution in [0.25, 0.3) is 0 Å². The molecule has 23 heavy (non-hydrogen) atoms. The van der Waals surface area contributed by atoms with Crippen molar-refractivity contribution in [3.8, 4) is 0 Å².